The zero-order valence-corrected chi connectivity index (χ0v) is 8.18. The summed E-state index contributed by atoms with van der Waals surface area (Å²) in [6.07, 6.45) is 1.43. The molecule has 0 radical (unpaired) electrons. The zero-order valence-electron chi connectivity index (χ0n) is 8.18. The number of hydrogen-bond acceptors (Lipinski definition) is 6. The molecule has 1 aromatic rings. The molecule has 0 unspecified atom stereocenters. The zero-order chi connectivity index (χ0) is 13.0. The molecule has 0 saturated heterocycles. The fraction of sp³-hybridized carbons (Fsp3) is 0. The number of nitro groups is 3. The predicted molar refractivity (Wildman–Crippen MR) is 55.8 cm³/mol. The molecule has 0 heterocycles. The van der Waals surface area contributed by atoms with Crippen LogP contribution in [0.15, 0.2) is 24.4 Å². The molecule has 0 saturated carbocycles. The number of nitrogens with zero attached hydrogens (tertiary/aromatic N) is 3. The highest BCUT2D eigenvalue weighted by atomic mass is 16.6. The van der Waals surface area contributed by atoms with E-state index in [0.29, 0.717) is 6.20 Å². The Hall–Kier alpha value is -2.84. The SMILES string of the molecule is O=[N+]([O-])/C=C\c1ccc([N+](=O)[O-])cc1[N+](=O)[O-]. The van der Waals surface area contributed by atoms with Crippen molar-refractivity contribution in [2.45, 2.75) is 0 Å². The van der Waals surface area contributed by atoms with Crippen LogP contribution in [0.3, 0.4) is 0 Å². The van der Waals surface area contributed by atoms with E-state index in [1.807, 2.05) is 0 Å². The van der Waals surface area contributed by atoms with E-state index in [-0.39, 0.29) is 5.56 Å². The van der Waals surface area contributed by atoms with E-state index in [2.05, 4.69) is 0 Å². The Kier molecular flexibility index (Phi) is 3.44. The van der Waals surface area contributed by atoms with Crippen molar-refractivity contribution in [3.63, 3.8) is 0 Å². The third-order valence-corrected chi connectivity index (χ3v) is 1.80. The summed E-state index contributed by atoms with van der Waals surface area (Å²) >= 11 is 0. The third-order valence-electron chi connectivity index (χ3n) is 1.80. The van der Waals surface area contributed by atoms with Gasteiger partial charge < -0.3 is 0 Å². The third kappa shape index (κ3) is 3.06. The number of hydrogen-bond donors (Lipinski definition) is 0. The number of non-ortho nitro benzene ring substituents is 1. The summed E-state index contributed by atoms with van der Waals surface area (Å²) in [6, 6.07) is 2.86. The normalized spacial score (nSPS) is 10.4. The Balaban J connectivity index is 3.27. The van der Waals surface area contributed by atoms with Crippen LogP contribution >= 0.6 is 0 Å². The molecule has 88 valence electrons. The molecule has 0 amide bonds. The largest absolute Gasteiger partial charge is 0.283 e. The summed E-state index contributed by atoms with van der Waals surface area (Å²) in [5.74, 6) is 0. The van der Waals surface area contributed by atoms with Gasteiger partial charge in [0.25, 0.3) is 11.4 Å². The maximum absolute atomic E-state index is 10.6. The van der Waals surface area contributed by atoms with Crippen LogP contribution in [-0.4, -0.2) is 14.8 Å². The van der Waals surface area contributed by atoms with Crippen molar-refractivity contribution in [2.24, 2.45) is 0 Å². The van der Waals surface area contributed by atoms with Gasteiger partial charge in [-0.1, -0.05) is 0 Å². The van der Waals surface area contributed by atoms with Crippen LogP contribution in [0, 0.1) is 30.3 Å². The Morgan fingerprint density at radius 1 is 1.00 bits per heavy atom. The molecule has 0 aliphatic carbocycles. The van der Waals surface area contributed by atoms with Crippen molar-refractivity contribution in [2.75, 3.05) is 0 Å². The number of benzene rings is 1. The van der Waals surface area contributed by atoms with E-state index in [4.69, 9.17) is 0 Å². The molecule has 0 N–H and O–H groups in total. The molecular weight excluding hydrogens is 234 g/mol. The molecule has 0 aromatic heterocycles. The molecule has 9 heteroatoms. The van der Waals surface area contributed by atoms with Crippen LogP contribution in [-0.2, 0) is 0 Å². The summed E-state index contributed by atoms with van der Waals surface area (Å²) in [5, 5.41) is 31.1. The molecule has 1 aromatic carbocycles. The molecule has 1 rings (SSSR count). The van der Waals surface area contributed by atoms with Gasteiger partial charge in [0.05, 0.1) is 26.4 Å². The Morgan fingerprint density at radius 3 is 2.12 bits per heavy atom. The van der Waals surface area contributed by atoms with Gasteiger partial charge in [0.2, 0.25) is 6.20 Å². The van der Waals surface area contributed by atoms with Gasteiger partial charge in [-0.05, 0) is 6.07 Å². The first-order valence-electron chi connectivity index (χ1n) is 4.16. The molecular formula is C8H5N3O6. The van der Waals surface area contributed by atoms with Crippen molar-refractivity contribution in [1.29, 1.82) is 0 Å². The van der Waals surface area contributed by atoms with Gasteiger partial charge in [-0.25, -0.2) is 0 Å². The van der Waals surface area contributed by atoms with Crippen LogP contribution in [0.4, 0.5) is 11.4 Å². The van der Waals surface area contributed by atoms with Crippen molar-refractivity contribution in [1.82, 2.24) is 0 Å². The lowest BCUT2D eigenvalue weighted by Crippen LogP contribution is -1.95. The van der Waals surface area contributed by atoms with Crippen LogP contribution < -0.4 is 0 Å². The quantitative estimate of drug-likeness (QED) is 0.581. The standard InChI is InChI=1S/C8H5N3O6/c12-9(13)4-3-6-1-2-7(10(14)15)5-8(6)11(16)17/h1-5H/b4-3-. The first-order valence-corrected chi connectivity index (χ1v) is 4.16. The van der Waals surface area contributed by atoms with E-state index in [9.17, 15) is 30.3 Å². The van der Waals surface area contributed by atoms with Gasteiger partial charge in [-0.15, -0.1) is 0 Å². The van der Waals surface area contributed by atoms with E-state index in [1.54, 1.807) is 0 Å². The summed E-state index contributed by atoms with van der Waals surface area (Å²) in [4.78, 5) is 28.7. The van der Waals surface area contributed by atoms with Gasteiger partial charge in [-0.3, -0.25) is 30.3 Å². The molecule has 9 nitrogen and oxygen atoms in total. The van der Waals surface area contributed by atoms with E-state index in [0.717, 1.165) is 24.3 Å². The average molecular weight is 239 g/mol. The van der Waals surface area contributed by atoms with Crippen molar-refractivity contribution in [3.8, 4) is 0 Å². The Morgan fingerprint density at radius 2 is 1.65 bits per heavy atom. The second kappa shape index (κ2) is 4.79. The van der Waals surface area contributed by atoms with Gasteiger partial charge in [0.1, 0.15) is 0 Å². The van der Waals surface area contributed by atoms with Crippen molar-refractivity contribution in [3.05, 3.63) is 60.3 Å². The fourth-order valence-corrected chi connectivity index (χ4v) is 1.09. The highest BCUT2D eigenvalue weighted by Crippen LogP contribution is 2.25. The Labute approximate surface area is 93.4 Å². The second-order valence-electron chi connectivity index (χ2n) is 2.86. The van der Waals surface area contributed by atoms with Gasteiger partial charge in [0.15, 0.2) is 0 Å². The minimum Gasteiger partial charge on any atom is -0.259 e. The van der Waals surface area contributed by atoms with Crippen molar-refractivity contribution >= 4 is 17.5 Å². The van der Waals surface area contributed by atoms with Crippen molar-refractivity contribution < 1.29 is 14.8 Å². The number of rotatable bonds is 4. The Bertz CT molecular complexity index is 524. The minimum atomic E-state index is -0.841. The van der Waals surface area contributed by atoms with E-state index < -0.39 is 26.1 Å². The summed E-state index contributed by atoms with van der Waals surface area (Å²) in [7, 11) is 0. The highest BCUT2D eigenvalue weighted by Gasteiger charge is 2.18. The fourth-order valence-electron chi connectivity index (χ4n) is 1.09. The summed E-state index contributed by atoms with van der Waals surface area (Å²) in [5.41, 5.74) is -1.08. The molecule has 0 fully saturated rings. The molecule has 0 bridgehead atoms. The van der Waals surface area contributed by atoms with Crippen LogP contribution in [0.5, 0.6) is 0 Å². The van der Waals surface area contributed by atoms with Crippen LogP contribution in [0.1, 0.15) is 5.56 Å². The maximum atomic E-state index is 10.6. The lowest BCUT2D eigenvalue weighted by atomic mass is 10.1. The topological polar surface area (TPSA) is 129 Å². The van der Waals surface area contributed by atoms with E-state index >= 15 is 0 Å². The highest BCUT2D eigenvalue weighted by molar-refractivity contribution is 5.63. The lowest BCUT2D eigenvalue weighted by molar-refractivity contribution is -0.401. The molecule has 0 spiro atoms. The second-order valence-corrected chi connectivity index (χ2v) is 2.86. The van der Waals surface area contributed by atoms with E-state index in [1.165, 1.54) is 0 Å². The van der Waals surface area contributed by atoms with Gasteiger partial charge in [-0.2, -0.15) is 0 Å². The van der Waals surface area contributed by atoms with Gasteiger partial charge in [0, 0.05) is 12.1 Å². The number of nitro benzene ring substituents is 2. The molecule has 0 aliphatic rings. The first kappa shape index (κ1) is 12.2. The molecule has 17 heavy (non-hydrogen) atoms. The lowest BCUT2D eigenvalue weighted by Gasteiger charge is -1.96. The summed E-state index contributed by atoms with van der Waals surface area (Å²) < 4.78 is 0. The summed E-state index contributed by atoms with van der Waals surface area (Å²) in [6.45, 7) is 0. The van der Waals surface area contributed by atoms with Gasteiger partial charge >= 0.3 is 0 Å². The first-order chi connectivity index (χ1) is 7.91. The maximum Gasteiger partial charge on any atom is 0.283 e. The van der Waals surface area contributed by atoms with Crippen LogP contribution in [0.25, 0.3) is 6.08 Å². The van der Waals surface area contributed by atoms with Crippen LogP contribution in [0.2, 0.25) is 0 Å². The molecule has 0 atom stereocenters. The monoisotopic (exact) mass is 239 g/mol. The predicted octanol–water partition coefficient (Wildman–Crippen LogP) is 1.75. The minimum absolute atomic E-state index is 0.0719. The smallest absolute Gasteiger partial charge is 0.259 e. The average Bonchev–Trinajstić information content (AvgIpc) is 2.25. The molecule has 0 aliphatic heterocycles.